The number of aromatic nitrogens is 1. The van der Waals surface area contributed by atoms with Crippen LogP contribution in [-0.4, -0.2) is 43.1 Å². The molecule has 0 atom stereocenters. The molecule has 110 valence electrons. The second-order valence-corrected chi connectivity index (χ2v) is 5.03. The number of nitrogens with zero attached hydrogens (tertiary/aromatic N) is 3. The lowest BCUT2D eigenvalue weighted by molar-refractivity contribution is 0.300. The Hall–Kier alpha value is -1.75. The molecule has 0 aliphatic heterocycles. The van der Waals surface area contributed by atoms with Crippen LogP contribution in [0.4, 0.5) is 11.7 Å². The zero-order chi connectivity index (χ0) is 14.5. The summed E-state index contributed by atoms with van der Waals surface area (Å²) in [5.41, 5.74) is 8.06. The van der Waals surface area contributed by atoms with Crippen molar-refractivity contribution >= 4 is 22.8 Å². The van der Waals surface area contributed by atoms with Gasteiger partial charge in [-0.05, 0) is 44.3 Å². The minimum absolute atomic E-state index is 0.658. The summed E-state index contributed by atoms with van der Waals surface area (Å²) < 4.78 is 5.74. The molecule has 20 heavy (non-hydrogen) atoms. The number of fused-ring (bicyclic) bond motifs is 1. The van der Waals surface area contributed by atoms with Crippen LogP contribution in [-0.2, 0) is 0 Å². The second-order valence-electron chi connectivity index (χ2n) is 5.03. The van der Waals surface area contributed by atoms with Crippen molar-refractivity contribution in [3.05, 3.63) is 18.2 Å². The zero-order valence-corrected chi connectivity index (χ0v) is 12.6. The number of nitrogen functional groups attached to an aromatic ring is 1. The number of rotatable bonds is 7. The van der Waals surface area contributed by atoms with Gasteiger partial charge in [-0.3, -0.25) is 0 Å². The van der Waals surface area contributed by atoms with E-state index in [2.05, 4.69) is 28.6 Å². The Morgan fingerprint density at radius 1 is 1.20 bits per heavy atom. The Bertz CT molecular complexity index is 548. The van der Waals surface area contributed by atoms with Gasteiger partial charge >= 0.3 is 0 Å². The lowest BCUT2D eigenvalue weighted by atomic mass is 10.3. The Labute approximate surface area is 120 Å². The SMILES string of the molecule is CCN(CC)CCCN(C)c1nc2cc(N)ccc2o1. The number of anilines is 2. The summed E-state index contributed by atoms with van der Waals surface area (Å²) in [7, 11) is 2.01. The highest BCUT2D eigenvalue weighted by atomic mass is 16.4. The summed E-state index contributed by atoms with van der Waals surface area (Å²) >= 11 is 0. The van der Waals surface area contributed by atoms with Gasteiger partial charge in [-0.25, -0.2) is 0 Å². The first-order valence-corrected chi connectivity index (χ1v) is 7.23. The molecule has 0 aliphatic carbocycles. The highest BCUT2D eigenvalue weighted by molar-refractivity contribution is 5.78. The van der Waals surface area contributed by atoms with E-state index in [1.165, 1.54) is 0 Å². The summed E-state index contributed by atoms with van der Waals surface area (Å²) in [6.07, 6.45) is 1.10. The quantitative estimate of drug-likeness (QED) is 0.788. The first-order chi connectivity index (χ1) is 9.63. The molecule has 0 saturated carbocycles. The van der Waals surface area contributed by atoms with Crippen molar-refractivity contribution < 1.29 is 4.42 Å². The molecule has 0 bridgehead atoms. The van der Waals surface area contributed by atoms with E-state index in [0.29, 0.717) is 11.7 Å². The summed E-state index contributed by atoms with van der Waals surface area (Å²) in [5.74, 6) is 0. The zero-order valence-electron chi connectivity index (χ0n) is 12.6. The molecule has 0 radical (unpaired) electrons. The number of hydrogen-bond acceptors (Lipinski definition) is 5. The fourth-order valence-corrected chi connectivity index (χ4v) is 2.26. The van der Waals surface area contributed by atoms with Crippen molar-refractivity contribution in [2.24, 2.45) is 0 Å². The number of nitrogens with two attached hydrogens (primary N) is 1. The third-order valence-corrected chi connectivity index (χ3v) is 3.59. The van der Waals surface area contributed by atoms with E-state index in [1.54, 1.807) is 0 Å². The van der Waals surface area contributed by atoms with Crippen LogP contribution in [0.3, 0.4) is 0 Å². The van der Waals surface area contributed by atoms with Crippen molar-refractivity contribution in [2.75, 3.05) is 43.9 Å². The molecular formula is C15H24N4O. The topological polar surface area (TPSA) is 58.5 Å². The van der Waals surface area contributed by atoms with Crippen LogP contribution in [0.5, 0.6) is 0 Å². The lowest BCUT2D eigenvalue weighted by Crippen LogP contribution is -2.28. The van der Waals surface area contributed by atoms with Crippen molar-refractivity contribution in [1.29, 1.82) is 0 Å². The molecule has 0 spiro atoms. The van der Waals surface area contributed by atoms with Gasteiger partial charge in [0.25, 0.3) is 6.01 Å². The van der Waals surface area contributed by atoms with Gasteiger partial charge in [0.2, 0.25) is 0 Å². The van der Waals surface area contributed by atoms with Crippen LogP contribution in [0.1, 0.15) is 20.3 Å². The molecule has 5 nitrogen and oxygen atoms in total. The van der Waals surface area contributed by atoms with E-state index >= 15 is 0 Å². The maximum atomic E-state index is 5.75. The molecular weight excluding hydrogens is 252 g/mol. The molecule has 0 saturated heterocycles. The summed E-state index contributed by atoms with van der Waals surface area (Å²) in [6.45, 7) is 8.62. The molecule has 1 aromatic carbocycles. The van der Waals surface area contributed by atoms with Crippen LogP contribution in [0, 0.1) is 0 Å². The average Bonchev–Trinajstić information content (AvgIpc) is 2.86. The summed E-state index contributed by atoms with van der Waals surface area (Å²) in [4.78, 5) is 8.95. The smallest absolute Gasteiger partial charge is 0.298 e. The van der Waals surface area contributed by atoms with Gasteiger partial charge in [-0.1, -0.05) is 13.8 Å². The van der Waals surface area contributed by atoms with E-state index in [0.717, 1.165) is 43.7 Å². The monoisotopic (exact) mass is 276 g/mol. The van der Waals surface area contributed by atoms with E-state index in [4.69, 9.17) is 10.2 Å². The maximum Gasteiger partial charge on any atom is 0.298 e. The molecule has 5 heteroatoms. The summed E-state index contributed by atoms with van der Waals surface area (Å²) in [6, 6.07) is 6.19. The predicted octanol–water partition coefficient (Wildman–Crippen LogP) is 2.58. The van der Waals surface area contributed by atoms with E-state index < -0.39 is 0 Å². The number of hydrogen-bond donors (Lipinski definition) is 1. The average molecular weight is 276 g/mol. The third-order valence-electron chi connectivity index (χ3n) is 3.59. The Morgan fingerprint density at radius 3 is 2.65 bits per heavy atom. The normalized spacial score (nSPS) is 11.4. The Morgan fingerprint density at radius 2 is 1.95 bits per heavy atom. The molecule has 2 N–H and O–H groups in total. The highest BCUT2D eigenvalue weighted by Crippen LogP contribution is 2.22. The standard InChI is InChI=1S/C15H24N4O/c1-4-19(5-2)10-6-9-18(3)15-17-13-11-12(16)7-8-14(13)20-15/h7-8,11H,4-6,9-10,16H2,1-3H3. The van der Waals surface area contributed by atoms with Crippen LogP contribution >= 0.6 is 0 Å². The fraction of sp³-hybridized carbons (Fsp3) is 0.533. The molecule has 1 aromatic heterocycles. The van der Waals surface area contributed by atoms with Gasteiger partial charge in [0.15, 0.2) is 5.58 Å². The first-order valence-electron chi connectivity index (χ1n) is 7.23. The van der Waals surface area contributed by atoms with Crippen molar-refractivity contribution in [3.8, 4) is 0 Å². The van der Waals surface area contributed by atoms with Gasteiger partial charge in [0.05, 0.1) is 0 Å². The van der Waals surface area contributed by atoms with Crippen LogP contribution in [0.25, 0.3) is 11.1 Å². The molecule has 1 heterocycles. The van der Waals surface area contributed by atoms with Gasteiger partial charge in [0, 0.05) is 19.3 Å². The first kappa shape index (κ1) is 14.7. The van der Waals surface area contributed by atoms with E-state index in [-0.39, 0.29) is 0 Å². The second kappa shape index (κ2) is 6.61. The minimum Gasteiger partial charge on any atom is -0.423 e. The largest absolute Gasteiger partial charge is 0.423 e. The lowest BCUT2D eigenvalue weighted by Gasteiger charge is -2.20. The molecule has 0 aliphatic rings. The van der Waals surface area contributed by atoms with Crippen LogP contribution in [0.15, 0.2) is 22.6 Å². The molecule has 0 amide bonds. The molecule has 2 rings (SSSR count). The van der Waals surface area contributed by atoms with Gasteiger partial charge in [0.1, 0.15) is 5.52 Å². The Kier molecular flexibility index (Phi) is 4.84. The number of oxazole rings is 1. The van der Waals surface area contributed by atoms with Crippen molar-refractivity contribution in [1.82, 2.24) is 9.88 Å². The van der Waals surface area contributed by atoms with Gasteiger partial charge < -0.3 is 20.0 Å². The van der Waals surface area contributed by atoms with E-state index in [1.807, 2.05) is 25.2 Å². The van der Waals surface area contributed by atoms with Crippen LogP contribution < -0.4 is 10.6 Å². The molecule has 0 fully saturated rings. The maximum absolute atomic E-state index is 5.75. The van der Waals surface area contributed by atoms with Gasteiger partial charge in [-0.15, -0.1) is 0 Å². The van der Waals surface area contributed by atoms with Crippen LogP contribution in [0.2, 0.25) is 0 Å². The number of benzene rings is 1. The Balaban J connectivity index is 1.95. The van der Waals surface area contributed by atoms with Gasteiger partial charge in [-0.2, -0.15) is 4.98 Å². The highest BCUT2D eigenvalue weighted by Gasteiger charge is 2.10. The predicted molar refractivity (Wildman–Crippen MR) is 84.1 cm³/mol. The van der Waals surface area contributed by atoms with E-state index in [9.17, 15) is 0 Å². The molecule has 2 aromatic rings. The van der Waals surface area contributed by atoms with Crippen molar-refractivity contribution in [2.45, 2.75) is 20.3 Å². The fourth-order valence-electron chi connectivity index (χ4n) is 2.26. The third kappa shape index (κ3) is 3.42. The van der Waals surface area contributed by atoms with Crippen molar-refractivity contribution in [3.63, 3.8) is 0 Å². The molecule has 0 unspecified atom stereocenters. The minimum atomic E-state index is 0.658. The summed E-state index contributed by atoms with van der Waals surface area (Å²) in [5, 5.41) is 0.